The second-order valence-corrected chi connectivity index (χ2v) is 7.90. The Bertz CT molecular complexity index is 860. The van der Waals surface area contributed by atoms with Gasteiger partial charge in [-0.3, -0.25) is 9.59 Å². The highest BCUT2D eigenvalue weighted by Gasteiger charge is 2.13. The summed E-state index contributed by atoms with van der Waals surface area (Å²) in [5.41, 5.74) is 0. The zero-order valence-corrected chi connectivity index (χ0v) is 18.7. The largest absolute Gasteiger partial charge is 0.504 e. The molecule has 0 fully saturated rings. The molecule has 2 rings (SSSR count). The molecule has 0 heterocycles. The molecule has 0 aliphatic rings. The molecule has 10 nitrogen and oxygen atoms in total. The van der Waals surface area contributed by atoms with Gasteiger partial charge >= 0.3 is 11.9 Å². The molecule has 10 heteroatoms. The molecule has 0 aliphatic heterocycles. The van der Waals surface area contributed by atoms with Crippen molar-refractivity contribution < 1.29 is 49.7 Å². The molecule has 0 atom stereocenters. The molecule has 2 aromatic rings. The molecule has 0 unspecified atom stereocenters. The van der Waals surface area contributed by atoms with Gasteiger partial charge in [0.25, 0.3) is 0 Å². The lowest BCUT2D eigenvalue weighted by Gasteiger charge is -2.07. The Kier molecular flexibility index (Phi) is 10.1. The fraction of sp³-hybridized carbons (Fsp3) is 0.417. The third-order valence-electron chi connectivity index (χ3n) is 5.06. The first kappa shape index (κ1) is 26.4. The maximum atomic E-state index is 11.8. The van der Waals surface area contributed by atoms with Crippen LogP contribution in [0, 0.1) is 0 Å². The quantitative estimate of drug-likeness (QED) is 0.105. The lowest BCUT2D eigenvalue weighted by atomic mass is 10.1. The summed E-state index contributed by atoms with van der Waals surface area (Å²) in [6.07, 6.45) is 7.25. The van der Waals surface area contributed by atoms with E-state index in [0.29, 0.717) is 12.8 Å². The number of hydrogen-bond acceptors (Lipinski definition) is 10. The molecule has 2 aromatic carbocycles. The zero-order chi connectivity index (χ0) is 25.1. The van der Waals surface area contributed by atoms with E-state index < -0.39 is 46.4 Å². The van der Waals surface area contributed by atoms with Crippen molar-refractivity contribution in [2.24, 2.45) is 0 Å². The Morgan fingerprint density at radius 2 is 0.765 bits per heavy atom. The molecule has 0 radical (unpaired) electrons. The topological polar surface area (TPSA) is 174 Å². The molecule has 0 aromatic heterocycles. The summed E-state index contributed by atoms with van der Waals surface area (Å²) in [6.45, 7) is 0. The maximum absolute atomic E-state index is 11.8. The predicted molar refractivity (Wildman–Crippen MR) is 120 cm³/mol. The highest BCUT2D eigenvalue weighted by molar-refractivity contribution is 5.73. The Morgan fingerprint density at radius 3 is 1.06 bits per heavy atom. The lowest BCUT2D eigenvalue weighted by Crippen LogP contribution is -2.07. The maximum Gasteiger partial charge on any atom is 0.311 e. The molecule has 34 heavy (non-hydrogen) atoms. The van der Waals surface area contributed by atoms with E-state index in [0.717, 1.165) is 62.8 Å². The van der Waals surface area contributed by atoms with Crippen LogP contribution in [0.5, 0.6) is 46.0 Å². The van der Waals surface area contributed by atoms with E-state index in [1.54, 1.807) is 0 Å². The molecule has 0 spiro atoms. The van der Waals surface area contributed by atoms with Gasteiger partial charge in [-0.25, -0.2) is 0 Å². The van der Waals surface area contributed by atoms with Crippen molar-refractivity contribution in [3.05, 3.63) is 24.3 Å². The van der Waals surface area contributed by atoms with Gasteiger partial charge in [-0.1, -0.05) is 38.5 Å². The summed E-state index contributed by atoms with van der Waals surface area (Å²) in [5, 5.41) is 56.2. The monoisotopic (exact) mass is 478 g/mol. The highest BCUT2D eigenvalue weighted by Crippen LogP contribution is 2.39. The van der Waals surface area contributed by atoms with Crippen molar-refractivity contribution in [3.8, 4) is 46.0 Å². The van der Waals surface area contributed by atoms with Gasteiger partial charge < -0.3 is 40.1 Å². The molecular weight excluding hydrogens is 448 g/mol. The second kappa shape index (κ2) is 13.0. The van der Waals surface area contributed by atoms with Crippen molar-refractivity contribution in [1.82, 2.24) is 0 Å². The fourth-order valence-electron chi connectivity index (χ4n) is 3.24. The van der Waals surface area contributed by atoms with Crippen LogP contribution in [0.15, 0.2) is 24.3 Å². The van der Waals surface area contributed by atoms with E-state index in [4.69, 9.17) is 9.47 Å². The summed E-state index contributed by atoms with van der Waals surface area (Å²) in [5.74, 6) is -4.69. The van der Waals surface area contributed by atoms with Crippen LogP contribution in [0.1, 0.15) is 64.2 Å². The number of carbonyl (C=O) groups excluding carboxylic acids is 2. The van der Waals surface area contributed by atoms with Crippen LogP contribution in [0.4, 0.5) is 0 Å². The summed E-state index contributed by atoms with van der Waals surface area (Å²) >= 11 is 0. The average Bonchev–Trinajstić information content (AvgIpc) is 2.77. The van der Waals surface area contributed by atoms with Gasteiger partial charge in [0.15, 0.2) is 23.0 Å². The minimum atomic E-state index is -0.670. The van der Waals surface area contributed by atoms with Crippen molar-refractivity contribution in [2.45, 2.75) is 64.2 Å². The van der Waals surface area contributed by atoms with Crippen molar-refractivity contribution in [2.75, 3.05) is 0 Å². The van der Waals surface area contributed by atoms with E-state index in [-0.39, 0.29) is 24.3 Å². The van der Waals surface area contributed by atoms with E-state index in [1.807, 2.05) is 0 Å². The molecule has 0 aliphatic carbocycles. The average molecular weight is 478 g/mol. The number of aromatic hydroxyl groups is 6. The van der Waals surface area contributed by atoms with Gasteiger partial charge in [0, 0.05) is 37.1 Å². The normalized spacial score (nSPS) is 10.7. The lowest BCUT2D eigenvalue weighted by molar-refractivity contribution is -0.135. The fourth-order valence-corrected chi connectivity index (χ4v) is 3.24. The van der Waals surface area contributed by atoms with Gasteiger partial charge in [0.2, 0.25) is 11.5 Å². The van der Waals surface area contributed by atoms with Crippen molar-refractivity contribution in [1.29, 1.82) is 0 Å². The van der Waals surface area contributed by atoms with Crippen molar-refractivity contribution in [3.63, 3.8) is 0 Å². The first-order chi connectivity index (χ1) is 16.2. The molecule has 0 bridgehead atoms. The minimum absolute atomic E-state index is 0.0407. The number of carbonyl (C=O) groups is 2. The molecule has 0 amide bonds. The molecule has 0 saturated heterocycles. The van der Waals surface area contributed by atoms with Crippen LogP contribution in [-0.2, 0) is 9.59 Å². The van der Waals surface area contributed by atoms with E-state index in [2.05, 4.69) is 0 Å². The Balaban J connectivity index is 1.48. The molecule has 186 valence electrons. The predicted octanol–water partition coefficient (Wildman–Crippen LogP) is 4.33. The standard InChI is InChI=1S/C24H30O10/c25-17-11-15(12-18(26)23(17)31)33-21(29)9-7-5-3-1-2-4-6-8-10-22(30)34-16-13-19(27)24(32)20(28)14-16/h11-14,25-28,31-32H,1-10H2. The van der Waals surface area contributed by atoms with Crippen LogP contribution in [-0.4, -0.2) is 42.6 Å². The number of esters is 2. The number of phenolic OH excluding ortho intramolecular Hbond substituents is 6. The third-order valence-corrected chi connectivity index (χ3v) is 5.06. The number of hydrogen-bond donors (Lipinski definition) is 6. The smallest absolute Gasteiger partial charge is 0.311 e. The van der Waals surface area contributed by atoms with Gasteiger partial charge in [-0.15, -0.1) is 0 Å². The molecule has 0 saturated carbocycles. The van der Waals surface area contributed by atoms with Gasteiger partial charge in [-0.05, 0) is 12.8 Å². The Morgan fingerprint density at radius 1 is 0.500 bits per heavy atom. The first-order valence-electron chi connectivity index (χ1n) is 11.1. The van der Waals surface area contributed by atoms with E-state index >= 15 is 0 Å². The summed E-state index contributed by atoms with van der Waals surface area (Å²) < 4.78 is 10.1. The summed E-state index contributed by atoms with van der Waals surface area (Å²) in [4.78, 5) is 23.6. The third kappa shape index (κ3) is 8.61. The second-order valence-electron chi connectivity index (χ2n) is 7.90. The number of phenols is 6. The molecular formula is C24H30O10. The molecule has 6 N–H and O–H groups in total. The number of unbranched alkanes of at least 4 members (excludes halogenated alkanes) is 7. The van der Waals surface area contributed by atoms with Crippen molar-refractivity contribution >= 4 is 11.9 Å². The van der Waals surface area contributed by atoms with Gasteiger partial charge in [0.05, 0.1) is 0 Å². The first-order valence-corrected chi connectivity index (χ1v) is 11.1. The van der Waals surface area contributed by atoms with Crippen LogP contribution in [0.2, 0.25) is 0 Å². The number of benzene rings is 2. The number of rotatable bonds is 13. The summed E-state index contributed by atoms with van der Waals surface area (Å²) in [7, 11) is 0. The van der Waals surface area contributed by atoms with Crippen LogP contribution >= 0.6 is 0 Å². The summed E-state index contributed by atoms with van der Waals surface area (Å²) in [6, 6.07) is 4.21. The van der Waals surface area contributed by atoms with Crippen LogP contribution in [0.25, 0.3) is 0 Å². The Hall–Kier alpha value is -3.82. The SMILES string of the molecule is O=C(CCCCCCCCCCC(=O)Oc1cc(O)c(O)c(O)c1)Oc1cc(O)c(O)c(O)c1. The minimum Gasteiger partial charge on any atom is -0.504 e. The van der Waals surface area contributed by atoms with E-state index in [1.165, 1.54) is 0 Å². The van der Waals surface area contributed by atoms with Crippen LogP contribution < -0.4 is 9.47 Å². The zero-order valence-electron chi connectivity index (χ0n) is 18.7. The van der Waals surface area contributed by atoms with Gasteiger partial charge in [0.1, 0.15) is 11.5 Å². The van der Waals surface area contributed by atoms with E-state index in [9.17, 15) is 40.2 Å². The Labute approximate surface area is 196 Å². The van der Waals surface area contributed by atoms with Crippen LogP contribution in [0.3, 0.4) is 0 Å². The number of ether oxygens (including phenoxy) is 2. The van der Waals surface area contributed by atoms with Gasteiger partial charge in [-0.2, -0.15) is 0 Å². The highest BCUT2D eigenvalue weighted by atomic mass is 16.5.